The van der Waals surface area contributed by atoms with Crippen molar-refractivity contribution in [3.63, 3.8) is 0 Å². The van der Waals surface area contributed by atoms with Crippen LogP contribution in [0.1, 0.15) is 40.0 Å². The fourth-order valence-electron chi connectivity index (χ4n) is 2.37. The first kappa shape index (κ1) is 14.9. The first-order valence-electron chi connectivity index (χ1n) is 6.90. The molecule has 3 heteroatoms. The summed E-state index contributed by atoms with van der Waals surface area (Å²) in [7, 11) is 1.80. The van der Waals surface area contributed by atoms with Gasteiger partial charge in [0.1, 0.15) is 0 Å². The lowest BCUT2D eigenvalue weighted by atomic mass is 9.85. The lowest BCUT2D eigenvalue weighted by Crippen LogP contribution is -2.41. The van der Waals surface area contributed by atoms with Crippen molar-refractivity contribution in [1.29, 1.82) is 0 Å². The van der Waals surface area contributed by atoms with Gasteiger partial charge in [0, 0.05) is 19.8 Å². The molecule has 1 saturated heterocycles. The third kappa shape index (κ3) is 5.36. The van der Waals surface area contributed by atoms with Gasteiger partial charge in [0.15, 0.2) is 0 Å². The monoisotopic (exact) mass is 242 g/mol. The molecule has 0 aromatic heterocycles. The zero-order chi connectivity index (χ0) is 12.9. The molecule has 1 aliphatic heterocycles. The maximum atomic E-state index is 6.20. The molecule has 1 rings (SSSR count). The second-order valence-electron chi connectivity index (χ2n) is 6.50. The predicted molar refractivity (Wildman–Crippen MR) is 73.1 cm³/mol. The molecular weight excluding hydrogens is 212 g/mol. The zero-order valence-corrected chi connectivity index (χ0v) is 12.0. The number of rotatable bonds is 5. The van der Waals surface area contributed by atoms with E-state index in [2.05, 4.69) is 25.7 Å². The lowest BCUT2D eigenvalue weighted by molar-refractivity contribution is 0.0962. The molecule has 0 aliphatic carbocycles. The summed E-state index contributed by atoms with van der Waals surface area (Å²) in [6.07, 6.45) is 3.66. The molecule has 102 valence electrons. The first-order valence-corrected chi connectivity index (χ1v) is 6.90. The quantitative estimate of drug-likeness (QED) is 0.802. The average molecular weight is 242 g/mol. The standard InChI is InChI=1S/C14H30N2O/c1-14(2,3)13(15)7-10-16-8-5-12(6-9-16)11-17-4/h12-13H,5-11,15H2,1-4H3. The van der Waals surface area contributed by atoms with Crippen LogP contribution < -0.4 is 5.73 Å². The molecule has 0 amide bonds. The van der Waals surface area contributed by atoms with Crippen molar-refractivity contribution in [2.75, 3.05) is 33.4 Å². The topological polar surface area (TPSA) is 38.5 Å². The van der Waals surface area contributed by atoms with E-state index in [0.717, 1.165) is 25.5 Å². The summed E-state index contributed by atoms with van der Waals surface area (Å²) in [6, 6.07) is 0.305. The van der Waals surface area contributed by atoms with Crippen LogP contribution in [0.2, 0.25) is 0 Å². The smallest absolute Gasteiger partial charge is 0.0491 e. The molecule has 3 nitrogen and oxygen atoms in total. The van der Waals surface area contributed by atoms with E-state index in [9.17, 15) is 0 Å². The summed E-state index contributed by atoms with van der Waals surface area (Å²) < 4.78 is 5.22. The lowest BCUT2D eigenvalue weighted by Gasteiger charge is -2.34. The van der Waals surface area contributed by atoms with Gasteiger partial charge < -0.3 is 15.4 Å². The number of likely N-dealkylation sites (tertiary alicyclic amines) is 1. The third-order valence-electron chi connectivity index (χ3n) is 3.98. The van der Waals surface area contributed by atoms with Gasteiger partial charge in [0.25, 0.3) is 0 Å². The van der Waals surface area contributed by atoms with E-state index >= 15 is 0 Å². The van der Waals surface area contributed by atoms with Crippen molar-refractivity contribution < 1.29 is 4.74 Å². The van der Waals surface area contributed by atoms with E-state index < -0.39 is 0 Å². The molecule has 1 unspecified atom stereocenters. The van der Waals surface area contributed by atoms with E-state index in [1.807, 2.05) is 0 Å². The van der Waals surface area contributed by atoms with Crippen molar-refractivity contribution in [1.82, 2.24) is 4.90 Å². The van der Waals surface area contributed by atoms with Gasteiger partial charge in [0.05, 0.1) is 0 Å². The van der Waals surface area contributed by atoms with Crippen molar-refractivity contribution in [3.05, 3.63) is 0 Å². The molecule has 0 aromatic carbocycles. The highest BCUT2D eigenvalue weighted by atomic mass is 16.5. The molecule has 0 saturated carbocycles. The minimum absolute atomic E-state index is 0.231. The van der Waals surface area contributed by atoms with E-state index in [4.69, 9.17) is 10.5 Å². The van der Waals surface area contributed by atoms with E-state index in [0.29, 0.717) is 6.04 Å². The Balaban J connectivity index is 2.18. The van der Waals surface area contributed by atoms with Crippen molar-refractivity contribution in [2.24, 2.45) is 17.1 Å². The molecule has 0 aromatic rings. The van der Waals surface area contributed by atoms with Crippen molar-refractivity contribution >= 4 is 0 Å². The van der Waals surface area contributed by atoms with Gasteiger partial charge in [-0.05, 0) is 50.2 Å². The maximum absolute atomic E-state index is 6.20. The Kier molecular flexibility index (Phi) is 5.90. The molecule has 1 aliphatic rings. The highest BCUT2D eigenvalue weighted by Gasteiger charge is 2.23. The van der Waals surface area contributed by atoms with Crippen LogP contribution in [0.25, 0.3) is 0 Å². The number of piperidine rings is 1. The minimum atomic E-state index is 0.231. The molecule has 1 fully saturated rings. The number of hydrogen-bond acceptors (Lipinski definition) is 3. The number of methoxy groups -OCH3 is 1. The highest BCUT2D eigenvalue weighted by molar-refractivity contribution is 4.79. The van der Waals surface area contributed by atoms with Crippen LogP contribution in [0.3, 0.4) is 0 Å². The molecule has 1 atom stereocenters. The van der Waals surface area contributed by atoms with E-state index in [-0.39, 0.29) is 5.41 Å². The van der Waals surface area contributed by atoms with Crippen LogP contribution in [-0.4, -0.2) is 44.3 Å². The molecule has 1 heterocycles. The summed E-state index contributed by atoms with van der Waals surface area (Å²) in [5.74, 6) is 0.771. The summed E-state index contributed by atoms with van der Waals surface area (Å²) in [5, 5.41) is 0. The molecule has 17 heavy (non-hydrogen) atoms. The van der Waals surface area contributed by atoms with Crippen LogP contribution >= 0.6 is 0 Å². The second-order valence-corrected chi connectivity index (χ2v) is 6.50. The fraction of sp³-hybridized carbons (Fsp3) is 1.00. The summed E-state index contributed by atoms with van der Waals surface area (Å²) in [5.41, 5.74) is 6.43. The van der Waals surface area contributed by atoms with Crippen LogP contribution in [0, 0.1) is 11.3 Å². The SMILES string of the molecule is COCC1CCN(CCC(N)C(C)(C)C)CC1. The van der Waals surface area contributed by atoms with Gasteiger partial charge in [0.2, 0.25) is 0 Å². The normalized spacial score (nSPS) is 21.7. The van der Waals surface area contributed by atoms with Gasteiger partial charge in [-0.15, -0.1) is 0 Å². The van der Waals surface area contributed by atoms with Crippen molar-refractivity contribution in [3.8, 4) is 0 Å². The summed E-state index contributed by atoms with van der Waals surface area (Å²) in [6.45, 7) is 11.2. The van der Waals surface area contributed by atoms with Crippen LogP contribution in [-0.2, 0) is 4.74 Å². The Morgan fingerprint density at radius 1 is 1.29 bits per heavy atom. The van der Waals surface area contributed by atoms with Gasteiger partial charge >= 0.3 is 0 Å². The molecule has 0 bridgehead atoms. The maximum Gasteiger partial charge on any atom is 0.0491 e. The Morgan fingerprint density at radius 3 is 2.35 bits per heavy atom. The van der Waals surface area contributed by atoms with Gasteiger partial charge in [-0.25, -0.2) is 0 Å². The van der Waals surface area contributed by atoms with Gasteiger partial charge in [-0.2, -0.15) is 0 Å². The Hall–Kier alpha value is -0.120. The van der Waals surface area contributed by atoms with Gasteiger partial charge in [-0.1, -0.05) is 20.8 Å². The molecule has 0 spiro atoms. The second kappa shape index (κ2) is 6.72. The Labute approximate surface area is 107 Å². The average Bonchev–Trinajstić information content (AvgIpc) is 2.27. The predicted octanol–water partition coefficient (Wildman–Crippen LogP) is 2.11. The number of hydrogen-bond donors (Lipinski definition) is 1. The summed E-state index contributed by atoms with van der Waals surface area (Å²) >= 11 is 0. The van der Waals surface area contributed by atoms with Gasteiger partial charge in [-0.3, -0.25) is 0 Å². The number of nitrogens with two attached hydrogens (primary N) is 1. The Morgan fingerprint density at radius 2 is 1.88 bits per heavy atom. The zero-order valence-electron chi connectivity index (χ0n) is 12.0. The molecular formula is C14H30N2O. The highest BCUT2D eigenvalue weighted by Crippen LogP contribution is 2.22. The third-order valence-corrected chi connectivity index (χ3v) is 3.98. The van der Waals surface area contributed by atoms with Crippen LogP contribution in [0.4, 0.5) is 0 Å². The van der Waals surface area contributed by atoms with Crippen LogP contribution in [0.15, 0.2) is 0 Å². The number of ether oxygens (including phenoxy) is 1. The Bertz CT molecular complexity index is 205. The largest absolute Gasteiger partial charge is 0.384 e. The van der Waals surface area contributed by atoms with E-state index in [1.165, 1.54) is 25.9 Å². The van der Waals surface area contributed by atoms with Crippen LogP contribution in [0.5, 0.6) is 0 Å². The molecule has 0 radical (unpaired) electrons. The minimum Gasteiger partial charge on any atom is -0.384 e. The van der Waals surface area contributed by atoms with Crippen molar-refractivity contribution in [2.45, 2.75) is 46.1 Å². The number of nitrogens with zero attached hydrogens (tertiary/aromatic N) is 1. The fourth-order valence-corrected chi connectivity index (χ4v) is 2.37. The molecule has 2 N–H and O–H groups in total. The summed E-state index contributed by atoms with van der Waals surface area (Å²) in [4.78, 5) is 2.55. The first-order chi connectivity index (χ1) is 7.93. The van der Waals surface area contributed by atoms with E-state index in [1.54, 1.807) is 7.11 Å².